The van der Waals surface area contributed by atoms with Crippen molar-refractivity contribution in [2.45, 2.75) is 12.5 Å². The molecule has 0 amide bonds. The van der Waals surface area contributed by atoms with Gasteiger partial charge in [-0.15, -0.1) is 0 Å². The molecule has 2 aliphatic rings. The standard InChI is InChI=1S/C23H19N5O3/c1-31-23(30)16-13-28(12-15-20(16)26-27-22(15)29)19(11-14-7-3-2-4-8-14)21-24-17-9-5-6-10-18(17)25-21/h2-10,12-13,19H,11H2,1H3,(H,24,25)(H,27,29)/t19-/m0/s1. The highest BCUT2D eigenvalue weighted by molar-refractivity contribution is 5.96. The lowest BCUT2D eigenvalue weighted by Crippen LogP contribution is -2.19. The van der Waals surface area contributed by atoms with E-state index in [1.807, 2.05) is 59.2 Å². The van der Waals surface area contributed by atoms with E-state index in [4.69, 9.17) is 9.72 Å². The van der Waals surface area contributed by atoms with E-state index in [9.17, 15) is 9.59 Å². The molecule has 0 unspecified atom stereocenters. The van der Waals surface area contributed by atoms with Crippen LogP contribution in [0.4, 0.5) is 0 Å². The molecule has 0 saturated heterocycles. The number of esters is 1. The van der Waals surface area contributed by atoms with Gasteiger partial charge in [0.05, 0.1) is 29.7 Å². The van der Waals surface area contributed by atoms with E-state index in [0.29, 0.717) is 12.0 Å². The minimum atomic E-state index is -0.561. The van der Waals surface area contributed by atoms with Gasteiger partial charge < -0.3 is 14.3 Å². The molecule has 5 rings (SSSR count). The number of carbonyl (C=O) groups excluding carboxylic acids is 1. The monoisotopic (exact) mass is 413 g/mol. The topological polar surface area (TPSA) is 106 Å². The number of aromatic amines is 2. The van der Waals surface area contributed by atoms with Gasteiger partial charge in [-0.25, -0.2) is 14.9 Å². The maximum Gasteiger partial charge on any atom is 0.341 e. The van der Waals surface area contributed by atoms with Gasteiger partial charge in [0.25, 0.3) is 5.56 Å². The van der Waals surface area contributed by atoms with Crippen molar-refractivity contribution in [3.63, 3.8) is 0 Å². The van der Waals surface area contributed by atoms with Crippen LogP contribution in [-0.4, -0.2) is 37.8 Å². The number of H-pyrrole nitrogens is 2. The summed E-state index contributed by atoms with van der Waals surface area (Å²) >= 11 is 0. The number of aromatic nitrogens is 5. The smallest absolute Gasteiger partial charge is 0.341 e. The summed E-state index contributed by atoms with van der Waals surface area (Å²) in [6.07, 6.45) is 3.97. The molecule has 3 aromatic rings. The predicted octanol–water partition coefficient (Wildman–Crippen LogP) is 3.17. The van der Waals surface area contributed by atoms with Crippen LogP contribution in [0.25, 0.3) is 22.3 Å². The van der Waals surface area contributed by atoms with Crippen LogP contribution in [0.3, 0.4) is 0 Å². The van der Waals surface area contributed by atoms with Crippen molar-refractivity contribution >= 4 is 17.0 Å². The number of ether oxygens (including phenoxy) is 1. The van der Waals surface area contributed by atoms with Gasteiger partial charge in [-0.3, -0.25) is 4.79 Å². The molecule has 2 aromatic carbocycles. The Morgan fingerprint density at radius 2 is 1.87 bits per heavy atom. The van der Waals surface area contributed by atoms with E-state index in [2.05, 4.69) is 15.2 Å². The second-order valence-corrected chi connectivity index (χ2v) is 7.27. The Bertz CT molecular complexity index is 1370. The summed E-state index contributed by atoms with van der Waals surface area (Å²) in [6.45, 7) is 0. The van der Waals surface area contributed by atoms with Crippen molar-refractivity contribution in [1.29, 1.82) is 0 Å². The van der Waals surface area contributed by atoms with E-state index in [1.54, 1.807) is 12.4 Å². The van der Waals surface area contributed by atoms with E-state index in [0.717, 1.165) is 22.4 Å². The van der Waals surface area contributed by atoms with Gasteiger partial charge in [0.1, 0.15) is 17.1 Å². The zero-order valence-electron chi connectivity index (χ0n) is 16.7. The molecule has 2 aliphatic heterocycles. The SMILES string of the molecule is COC(=O)c1cn([C@@H](Cc2ccccc2)c2nc3ccccc3[nH]2)cc2c(=O)[nH]nc1-2. The van der Waals surface area contributed by atoms with Gasteiger partial charge >= 0.3 is 5.97 Å². The molecule has 1 atom stereocenters. The Morgan fingerprint density at radius 3 is 2.65 bits per heavy atom. The normalized spacial score (nSPS) is 12.3. The number of nitrogens with one attached hydrogen (secondary N) is 2. The average Bonchev–Trinajstić information content (AvgIpc) is 3.40. The number of hydrogen-bond donors (Lipinski definition) is 2. The lowest BCUT2D eigenvalue weighted by molar-refractivity contribution is 0.0600. The van der Waals surface area contributed by atoms with Crippen LogP contribution in [-0.2, 0) is 11.2 Å². The van der Waals surface area contributed by atoms with Gasteiger partial charge in [0.15, 0.2) is 0 Å². The first-order valence-electron chi connectivity index (χ1n) is 9.81. The molecule has 154 valence electrons. The minimum Gasteiger partial charge on any atom is -0.465 e. The lowest BCUT2D eigenvalue weighted by Gasteiger charge is -2.21. The first kappa shape index (κ1) is 18.8. The van der Waals surface area contributed by atoms with Gasteiger partial charge in [-0.2, -0.15) is 5.10 Å². The number of para-hydroxylation sites is 2. The molecule has 2 N–H and O–H groups in total. The van der Waals surface area contributed by atoms with Crippen LogP contribution in [0.15, 0.2) is 71.8 Å². The summed E-state index contributed by atoms with van der Waals surface area (Å²) in [6, 6.07) is 17.5. The Balaban J connectivity index is 1.71. The first-order valence-corrected chi connectivity index (χ1v) is 9.81. The molecule has 0 spiro atoms. The Kier molecular flexibility index (Phi) is 4.59. The molecule has 0 fully saturated rings. The molecular weight excluding hydrogens is 394 g/mol. The molecule has 1 aromatic heterocycles. The largest absolute Gasteiger partial charge is 0.465 e. The van der Waals surface area contributed by atoms with Crippen molar-refractivity contribution in [1.82, 2.24) is 24.7 Å². The third-order valence-electron chi connectivity index (χ3n) is 5.34. The number of nitrogens with zero attached hydrogens (tertiary/aromatic N) is 3. The predicted molar refractivity (Wildman–Crippen MR) is 115 cm³/mol. The highest BCUT2D eigenvalue weighted by Gasteiger charge is 2.26. The minimum absolute atomic E-state index is 0.215. The molecule has 0 saturated carbocycles. The van der Waals surface area contributed by atoms with Gasteiger partial charge in [-0.05, 0) is 17.7 Å². The summed E-state index contributed by atoms with van der Waals surface area (Å²) in [7, 11) is 1.30. The Labute approximate surface area is 176 Å². The lowest BCUT2D eigenvalue weighted by atomic mass is 10.0. The number of rotatable bonds is 5. The summed E-state index contributed by atoms with van der Waals surface area (Å²) in [5.74, 6) is 0.162. The molecule has 0 radical (unpaired) electrons. The van der Waals surface area contributed by atoms with Crippen molar-refractivity contribution in [2.75, 3.05) is 7.11 Å². The zero-order chi connectivity index (χ0) is 21.4. The number of benzene rings is 2. The van der Waals surface area contributed by atoms with Crippen LogP contribution >= 0.6 is 0 Å². The van der Waals surface area contributed by atoms with Crippen molar-refractivity contribution < 1.29 is 9.53 Å². The van der Waals surface area contributed by atoms with Gasteiger partial charge in [0, 0.05) is 18.8 Å². The Morgan fingerprint density at radius 1 is 1.10 bits per heavy atom. The van der Waals surface area contributed by atoms with E-state index in [1.165, 1.54) is 7.11 Å². The maximum atomic E-state index is 12.4. The number of methoxy groups -OCH3 is 1. The fourth-order valence-electron chi connectivity index (χ4n) is 3.81. The quantitative estimate of drug-likeness (QED) is 0.431. The summed E-state index contributed by atoms with van der Waals surface area (Å²) in [5.41, 5.74) is 3.31. The van der Waals surface area contributed by atoms with Gasteiger partial charge in [0.2, 0.25) is 0 Å². The number of pyridine rings is 1. The average molecular weight is 413 g/mol. The molecule has 8 heteroatoms. The van der Waals surface area contributed by atoms with Crippen LogP contribution < -0.4 is 5.56 Å². The fourth-order valence-corrected chi connectivity index (χ4v) is 3.81. The second-order valence-electron chi connectivity index (χ2n) is 7.27. The highest BCUT2D eigenvalue weighted by Crippen LogP contribution is 2.28. The van der Waals surface area contributed by atoms with Crippen LogP contribution in [0.5, 0.6) is 0 Å². The molecule has 8 nitrogen and oxygen atoms in total. The molecule has 31 heavy (non-hydrogen) atoms. The maximum absolute atomic E-state index is 12.4. The first-order chi connectivity index (χ1) is 15.1. The summed E-state index contributed by atoms with van der Waals surface area (Å²) < 4.78 is 6.76. The van der Waals surface area contributed by atoms with Crippen LogP contribution in [0, 0.1) is 0 Å². The Hall–Kier alpha value is -4.20. The molecule has 0 bridgehead atoms. The molecule has 3 heterocycles. The van der Waals surface area contributed by atoms with Crippen LogP contribution in [0.2, 0.25) is 0 Å². The molecular formula is C23H19N5O3. The molecule has 0 aliphatic carbocycles. The zero-order valence-corrected chi connectivity index (χ0v) is 16.7. The third-order valence-corrected chi connectivity index (χ3v) is 5.34. The van der Waals surface area contributed by atoms with E-state index >= 15 is 0 Å². The van der Waals surface area contributed by atoms with Gasteiger partial charge in [-0.1, -0.05) is 42.5 Å². The number of fused-ring (bicyclic) bond motifs is 2. The van der Waals surface area contributed by atoms with Crippen LogP contribution in [0.1, 0.15) is 27.8 Å². The van der Waals surface area contributed by atoms with Crippen molar-refractivity contribution in [3.05, 3.63) is 94.3 Å². The summed E-state index contributed by atoms with van der Waals surface area (Å²) in [5, 5.41) is 6.43. The number of hydrogen-bond acceptors (Lipinski definition) is 5. The number of carbonyl (C=O) groups is 1. The van der Waals surface area contributed by atoms with E-state index < -0.39 is 5.97 Å². The second kappa shape index (κ2) is 7.56. The summed E-state index contributed by atoms with van der Waals surface area (Å²) in [4.78, 5) is 32.9. The van der Waals surface area contributed by atoms with E-state index in [-0.39, 0.29) is 22.9 Å². The highest BCUT2D eigenvalue weighted by atomic mass is 16.5. The number of imidazole rings is 1. The fraction of sp³-hybridized carbons (Fsp3) is 0.130. The third kappa shape index (κ3) is 3.38. The van der Waals surface area contributed by atoms with Crippen molar-refractivity contribution in [3.8, 4) is 11.3 Å². The van der Waals surface area contributed by atoms with Crippen molar-refractivity contribution in [2.24, 2.45) is 0 Å².